The highest BCUT2D eigenvalue weighted by Gasteiger charge is 2.15. The van der Waals surface area contributed by atoms with Crippen molar-refractivity contribution in [3.05, 3.63) is 0 Å². The van der Waals surface area contributed by atoms with E-state index in [1.807, 2.05) is 6.92 Å². The Kier molecular flexibility index (Phi) is 9.86. The number of esters is 1. The summed E-state index contributed by atoms with van der Waals surface area (Å²) in [4.78, 5) is 11.3. The summed E-state index contributed by atoms with van der Waals surface area (Å²) in [7, 11) is 1.60. The molecule has 0 spiro atoms. The van der Waals surface area contributed by atoms with E-state index in [1.54, 1.807) is 21.0 Å². The van der Waals surface area contributed by atoms with Gasteiger partial charge in [-0.05, 0) is 20.8 Å². The molecule has 3 unspecified atom stereocenters. The standard InChI is InChI=1S/C12H25NO5/c1-5-17-12(15)10(3)13-6-11(14)8-18-9(2)7-16-4/h9-11,13-14H,5-8H2,1-4H3. The maximum absolute atomic E-state index is 11.3. The second-order valence-electron chi connectivity index (χ2n) is 4.14. The monoisotopic (exact) mass is 263 g/mol. The molecule has 0 radical (unpaired) electrons. The minimum Gasteiger partial charge on any atom is -0.465 e. The number of aliphatic hydroxyl groups excluding tert-OH is 1. The summed E-state index contributed by atoms with van der Waals surface area (Å²) in [6.45, 7) is 6.63. The van der Waals surface area contributed by atoms with Gasteiger partial charge in [0.2, 0.25) is 0 Å². The minimum atomic E-state index is -0.666. The van der Waals surface area contributed by atoms with Crippen molar-refractivity contribution in [2.24, 2.45) is 0 Å². The first-order valence-electron chi connectivity index (χ1n) is 6.19. The molecule has 0 amide bonds. The first kappa shape index (κ1) is 17.3. The lowest BCUT2D eigenvalue weighted by atomic mass is 10.3. The van der Waals surface area contributed by atoms with Crippen LogP contribution in [0.4, 0.5) is 0 Å². The zero-order valence-electron chi connectivity index (χ0n) is 11.6. The van der Waals surface area contributed by atoms with Gasteiger partial charge in [0.25, 0.3) is 0 Å². The number of ether oxygens (including phenoxy) is 3. The molecule has 0 aromatic carbocycles. The molecular formula is C12H25NO5. The summed E-state index contributed by atoms with van der Waals surface area (Å²) in [5.41, 5.74) is 0. The number of carbonyl (C=O) groups excluding carboxylic acids is 1. The first-order valence-corrected chi connectivity index (χ1v) is 6.19. The molecule has 0 saturated heterocycles. The molecule has 3 atom stereocenters. The number of methoxy groups -OCH3 is 1. The van der Waals surface area contributed by atoms with E-state index in [9.17, 15) is 9.90 Å². The Bertz CT molecular complexity index is 225. The first-order chi connectivity index (χ1) is 8.51. The lowest BCUT2D eigenvalue weighted by molar-refractivity contribution is -0.145. The topological polar surface area (TPSA) is 77.0 Å². The molecule has 2 N–H and O–H groups in total. The Labute approximate surface area is 109 Å². The van der Waals surface area contributed by atoms with E-state index < -0.39 is 12.1 Å². The third kappa shape index (κ3) is 8.41. The lowest BCUT2D eigenvalue weighted by Crippen LogP contribution is -2.41. The Balaban J connectivity index is 3.69. The van der Waals surface area contributed by atoms with E-state index in [-0.39, 0.29) is 25.2 Å². The summed E-state index contributed by atoms with van der Waals surface area (Å²) < 4.78 is 15.1. The fraction of sp³-hybridized carbons (Fsp3) is 0.917. The van der Waals surface area contributed by atoms with Crippen LogP contribution in [0.5, 0.6) is 0 Å². The summed E-state index contributed by atoms with van der Waals surface area (Å²) >= 11 is 0. The number of hydrogen-bond donors (Lipinski definition) is 2. The quantitative estimate of drug-likeness (QED) is 0.538. The van der Waals surface area contributed by atoms with Crippen LogP contribution in [0.3, 0.4) is 0 Å². The van der Waals surface area contributed by atoms with Gasteiger partial charge in [-0.25, -0.2) is 0 Å². The van der Waals surface area contributed by atoms with Crippen molar-refractivity contribution in [2.45, 2.75) is 39.0 Å². The largest absolute Gasteiger partial charge is 0.465 e. The van der Waals surface area contributed by atoms with E-state index >= 15 is 0 Å². The van der Waals surface area contributed by atoms with E-state index in [2.05, 4.69) is 5.32 Å². The maximum Gasteiger partial charge on any atom is 0.322 e. The van der Waals surface area contributed by atoms with Crippen LogP contribution in [0.1, 0.15) is 20.8 Å². The molecule has 0 aromatic heterocycles. The highest BCUT2D eigenvalue weighted by molar-refractivity contribution is 5.75. The Morgan fingerprint density at radius 1 is 1.33 bits per heavy atom. The summed E-state index contributed by atoms with van der Waals surface area (Å²) in [5, 5.41) is 12.5. The summed E-state index contributed by atoms with van der Waals surface area (Å²) in [6, 6.07) is -0.434. The molecular weight excluding hydrogens is 238 g/mol. The molecule has 6 heteroatoms. The maximum atomic E-state index is 11.3. The average Bonchev–Trinajstić information content (AvgIpc) is 2.34. The Hall–Kier alpha value is -0.690. The molecule has 0 rings (SSSR count). The van der Waals surface area contributed by atoms with Gasteiger partial charge in [0.15, 0.2) is 0 Å². The highest BCUT2D eigenvalue weighted by Crippen LogP contribution is 1.95. The third-order valence-corrected chi connectivity index (χ3v) is 2.27. The second kappa shape index (κ2) is 10.3. The lowest BCUT2D eigenvalue weighted by Gasteiger charge is -2.18. The zero-order chi connectivity index (χ0) is 14.0. The zero-order valence-corrected chi connectivity index (χ0v) is 11.6. The van der Waals surface area contributed by atoms with E-state index in [1.165, 1.54) is 0 Å². The van der Waals surface area contributed by atoms with Crippen molar-refractivity contribution in [3.8, 4) is 0 Å². The van der Waals surface area contributed by atoms with Gasteiger partial charge < -0.3 is 24.6 Å². The molecule has 0 aliphatic heterocycles. The van der Waals surface area contributed by atoms with E-state index in [0.29, 0.717) is 13.2 Å². The van der Waals surface area contributed by atoms with Gasteiger partial charge in [0, 0.05) is 13.7 Å². The molecule has 0 bridgehead atoms. The summed E-state index contributed by atoms with van der Waals surface area (Å²) in [5.74, 6) is -0.321. The molecule has 18 heavy (non-hydrogen) atoms. The molecule has 0 heterocycles. The second-order valence-corrected chi connectivity index (χ2v) is 4.14. The SMILES string of the molecule is CCOC(=O)C(C)NCC(O)COC(C)COC. The Morgan fingerprint density at radius 3 is 2.56 bits per heavy atom. The van der Waals surface area contributed by atoms with E-state index in [4.69, 9.17) is 14.2 Å². The fourth-order valence-corrected chi connectivity index (χ4v) is 1.28. The fourth-order valence-electron chi connectivity index (χ4n) is 1.28. The van der Waals surface area contributed by atoms with Crippen LogP contribution >= 0.6 is 0 Å². The normalized spacial score (nSPS) is 16.1. The number of rotatable bonds is 10. The predicted molar refractivity (Wildman–Crippen MR) is 67.4 cm³/mol. The predicted octanol–water partition coefficient (Wildman–Crippen LogP) is -0.0600. The van der Waals surface area contributed by atoms with Crippen LogP contribution in [0, 0.1) is 0 Å². The average molecular weight is 263 g/mol. The minimum absolute atomic E-state index is 0.0628. The van der Waals surface area contributed by atoms with E-state index in [0.717, 1.165) is 0 Å². The summed E-state index contributed by atoms with van der Waals surface area (Å²) in [6.07, 6.45) is -0.728. The van der Waals surface area contributed by atoms with Crippen LogP contribution in [0.15, 0.2) is 0 Å². The molecule has 0 aliphatic rings. The number of carbonyl (C=O) groups is 1. The van der Waals surface area contributed by atoms with Crippen molar-refractivity contribution in [2.75, 3.05) is 33.5 Å². The van der Waals surface area contributed by atoms with Crippen molar-refractivity contribution in [1.29, 1.82) is 0 Å². The molecule has 108 valence electrons. The van der Waals surface area contributed by atoms with Gasteiger partial charge in [-0.1, -0.05) is 0 Å². The van der Waals surface area contributed by atoms with Crippen molar-refractivity contribution < 1.29 is 24.1 Å². The van der Waals surface area contributed by atoms with Crippen LogP contribution in [0.25, 0.3) is 0 Å². The van der Waals surface area contributed by atoms with Gasteiger partial charge in [0.1, 0.15) is 6.04 Å². The van der Waals surface area contributed by atoms with Crippen LogP contribution in [-0.4, -0.2) is 62.8 Å². The van der Waals surface area contributed by atoms with Gasteiger partial charge in [0.05, 0.1) is 32.0 Å². The van der Waals surface area contributed by atoms with Crippen LogP contribution < -0.4 is 5.32 Å². The number of hydrogen-bond acceptors (Lipinski definition) is 6. The molecule has 0 aliphatic carbocycles. The molecule has 6 nitrogen and oxygen atoms in total. The van der Waals surface area contributed by atoms with Gasteiger partial charge in [-0.15, -0.1) is 0 Å². The van der Waals surface area contributed by atoms with Crippen molar-refractivity contribution in [3.63, 3.8) is 0 Å². The van der Waals surface area contributed by atoms with Crippen LogP contribution in [-0.2, 0) is 19.0 Å². The highest BCUT2D eigenvalue weighted by atomic mass is 16.5. The number of aliphatic hydroxyl groups is 1. The molecule has 0 saturated carbocycles. The molecule has 0 aromatic rings. The smallest absolute Gasteiger partial charge is 0.322 e. The van der Waals surface area contributed by atoms with Crippen molar-refractivity contribution >= 4 is 5.97 Å². The van der Waals surface area contributed by atoms with Crippen molar-refractivity contribution in [1.82, 2.24) is 5.32 Å². The van der Waals surface area contributed by atoms with Gasteiger partial charge in [-0.2, -0.15) is 0 Å². The van der Waals surface area contributed by atoms with Gasteiger partial charge in [-0.3, -0.25) is 4.79 Å². The Morgan fingerprint density at radius 2 is 2.00 bits per heavy atom. The van der Waals surface area contributed by atoms with Gasteiger partial charge >= 0.3 is 5.97 Å². The third-order valence-electron chi connectivity index (χ3n) is 2.27. The molecule has 0 fully saturated rings. The van der Waals surface area contributed by atoms with Crippen LogP contribution in [0.2, 0.25) is 0 Å². The number of nitrogens with one attached hydrogen (secondary N) is 1.